The number of nitrogens with two attached hydrogens (primary N) is 1. The van der Waals surface area contributed by atoms with Crippen LogP contribution in [0, 0.1) is 0 Å². The minimum Gasteiger partial charge on any atom is -0.382 e. The minimum atomic E-state index is -0.290. The maximum Gasteiger partial charge on any atom is 0.271 e. The number of anilines is 1. The van der Waals surface area contributed by atoms with Crippen molar-refractivity contribution in [3.63, 3.8) is 0 Å². The number of nitrogens with zero attached hydrogens (tertiary/aromatic N) is 2. The lowest BCUT2D eigenvalue weighted by Crippen LogP contribution is -2.23. The van der Waals surface area contributed by atoms with Crippen molar-refractivity contribution in [2.45, 2.75) is 6.54 Å². The molecule has 0 spiro atoms. The number of thiophene rings is 1. The Kier molecular flexibility index (Phi) is 3.55. The maximum atomic E-state index is 11.7. The average Bonchev–Trinajstić information content (AvgIpc) is 2.73. The molecule has 7 heteroatoms. The van der Waals surface area contributed by atoms with Crippen LogP contribution in [0.15, 0.2) is 24.5 Å². The second-order valence-corrected chi connectivity index (χ2v) is 5.01. The first-order valence-electron chi connectivity index (χ1n) is 4.75. The van der Waals surface area contributed by atoms with Gasteiger partial charge in [-0.15, -0.1) is 11.3 Å². The molecular weight excluding hydrogens is 260 g/mol. The molecule has 0 saturated carbocycles. The quantitative estimate of drug-likeness (QED) is 0.888. The number of amides is 1. The molecule has 17 heavy (non-hydrogen) atoms. The van der Waals surface area contributed by atoms with E-state index >= 15 is 0 Å². The van der Waals surface area contributed by atoms with Gasteiger partial charge in [0.15, 0.2) is 0 Å². The molecule has 2 aromatic rings. The molecule has 0 aliphatic carbocycles. The number of carbonyl (C=O) groups is 1. The Morgan fingerprint density at radius 2 is 2.24 bits per heavy atom. The Morgan fingerprint density at radius 3 is 2.82 bits per heavy atom. The van der Waals surface area contributed by atoms with Crippen LogP contribution in [0.2, 0.25) is 4.34 Å². The highest BCUT2D eigenvalue weighted by Gasteiger charge is 2.07. The van der Waals surface area contributed by atoms with Crippen molar-refractivity contribution in [3.8, 4) is 0 Å². The SMILES string of the molecule is Nc1cnc(C(=O)NCc2ccc(Cl)s2)cn1. The first-order chi connectivity index (χ1) is 8.15. The van der Waals surface area contributed by atoms with Crippen molar-refractivity contribution in [3.05, 3.63) is 39.4 Å². The fourth-order valence-corrected chi connectivity index (χ4v) is 2.19. The smallest absolute Gasteiger partial charge is 0.271 e. The molecule has 0 saturated heterocycles. The topological polar surface area (TPSA) is 80.9 Å². The van der Waals surface area contributed by atoms with Crippen LogP contribution in [0.1, 0.15) is 15.4 Å². The molecule has 2 heterocycles. The first-order valence-corrected chi connectivity index (χ1v) is 5.94. The molecule has 0 unspecified atom stereocenters. The number of hydrogen-bond donors (Lipinski definition) is 2. The van der Waals surface area contributed by atoms with Gasteiger partial charge in [0, 0.05) is 4.88 Å². The normalized spacial score (nSPS) is 10.2. The van der Waals surface area contributed by atoms with E-state index in [0.29, 0.717) is 10.9 Å². The molecule has 0 aliphatic rings. The van der Waals surface area contributed by atoms with Crippen LogP contribution in [-0.2, 0) is 6.54 Å². The van der Waals surface area contributed by atoms with Gasteiger partial charge < -0.3 is 11.1 Å². The van der Waals surface area contributed by atoms with Crippen molar-refractivity contribution in [1.29, 1.82) is 0 Å². The molecule has 0 aliphatic heterocycles. The third-order valence-corrected chi connectivity index (χ3v) is 3.19. The Labute approximate surface area is 107 Å². The lowest BCUT2D eigenvalue weighted by Gasteiger charge is -2.02. The van der Waals surface area contributed by atoms with Crippen molar-refractivity contribution < 1.29 is 4.79 Å². The summed E-state index contributed by atoms with van der Waals surface area (Å²) in [6.07, 6.45) is 2.68. The zero-order valence-corrected chi connectivity index (χ0v) is 10.3. The van der Waals surface area contributed by atoms with Crippen molar-refractivity contribution in [2.24, 2.45) is 0 Å². The van der Waals surface area contributed by atoms with Gasteiger partial charge in [-0.05, 0) is 12.1 Å². The van der Waals surface area contributed by atoms with E-state index in [1.165, 1.54) is 23.7 Å². The Balaban J connectivity index is 1.95. The molecule has 1 amide bonds. The van der Waals surface area contributed by atoms with E-state index in [-0.39, 0.29) is 17.4 Å². The molecule has 2 rings (SSSR count). The summed E-state index contributed by atoms with van der Waals surface area (Å²) < 4.78 is 0.696. The lowest BCUT2D eigenvalue weighted by atomic mass is 10.4. The second-order valence-electron chi connectivity index (χ2n) is 3.22. The molecule has 88 valence electrons. The monoisotopic (exact) mass is 268 g/mol. The predicted octanol–water partition coefficient (Wildman–Crippen LogP) is 1.70. The van der Waals surface area contributed by atoms with Gasteiger partial charge in [0.2, 0.25) is 0 Å². The van der Waals surface area contributed by atoms with Gasteiger partial charge in [0.25, 0.3) is 5.91 Å². The molecular formula is C10H9ClN4OS. The summed E-state index contributed by atoms with van der Waals surface area (Å²) in [5.41, 5.74) is 5.61. The number of halogens is 1. The third kappa shape index (κ3) is 3.15. The van der Waals surface area contributed by atoms with Gasteiger partial charge in [-0.1, -0.05) is 11.6 Å². The fraction of sp³-hybridized carbons (Fsp3) is 0.100. The molecule has 3 N–H and O–H groups in total. The third-order valence-electron chi connectivity index (χ3n) is 1.96. The fourth-order valence-electron chi connectivity index (χ4n) is 1.16. The number of carbonyl (C=O) groups excluding carboxylic acids is 1. The van der Waals surface area contributed by atoms with Gasteiger partial charge in [-0.2, -0.15) is 0 Å². The molecule has 5 nitrogen and oxygen atoms in total. The summed E-state index contributed by atoms with van der Waals surface area (Å²) in [6, 6.07) is 3.65. The van der Waals surface area contributed by atoms with Gasteiger partial charge in [0.1, 0.15) is 11.5 Å². The van der Waals surface area contributed by atoms with Crippen LogP contribution >= 0.6 is 22.9 Å². The molecule has 0 aromatic carbocycles. The predicted molar refractivity (Wildman–Crippen MR) is 66.9 cm³/mol. The van der Waals surface area contributed by atoms with E-state index < -0.39 is 0 Å². The molecule has 2 aromatic heterocycles. The maximum absolute atomic E-state index is 11.7. The standard InChI is InChI=1S/C10H9ClN4OS/c11-8-2-1-6(17-8)3-15-10(16)7-4-14-9(12)5-13-7/h1-2,4-5H,3H2,(H2,12,14)(H,15,16). The second kappa shape index (κ2) is 5.11. The molecule has 0 bridgehead atoms. The van der Waals surface area contributed by atoms with Gasteiger partial charge in [0.05, 0.1) is 23.3 Å². The molecule has 0 atom stereocenters. The van der Waals surface area contributed by atoms with Crippen molar-refractivity contribution in [1.82, 2.24) is 15.3 Å². The van der Waals surface area contributed by atoms with E-state index in [9.17, 15) is 4.79 Å². The Morgan fingerprint density at radius 1 is 1.41 bits per heavy atom. The van der Waals surface area contributed by atoms with E-state index in [1.54, 1.807) is 6.07 Å². The minimum absolute atomic E-state index is 0.238. The van der Waals surface area contributed by atoms with Crippen LogP contribution < -0.4 is 11.1 Å². The van der Waals surface area contributed by atoms with Gasteiger partial charge in [-0.25, -0.2) is 9.97 Å². The van der Waals surface area contributed by atoms with Crippen LogP contribution in [0.3, 0.4) is 0 Å². The summed E-state index contributed by atoms with van der Waals surface area (Å²) in [4.78, 5) is 20.3. The van der Waals surface area contributed by atoms with Gasteiger partial charge in [-0.3, -0.25) is 4.79 Å². The zero-order chi connectivity index (χ0) is 12.3. The average molecular weight is 269 g/mol. The highest BCUT2D eigenvalue weighted by atomic mass is 35.5. The van der Waals surface area contributed by atoms with Crippen LogP contribution in [0.25, 0.3) is 0 Å². The first kappa shape index (κ1) is 11.8. The number of nitrogens with one attached hydrogen (secondary N) is 1. The highest BCUT2D eigenvalue weighted by Crippen LogP contribution is 2.20. The van der Waals surface area contributed by atoms with Crippen molar-refractivity contribution >= 4 is 34.7 Å². The van der Waals surface area contributed by atoms with E-state index in [0.717, 1.165) is 4.88 Å². The summed E-state index contributed by atoms with van der Waals surface area (Å²) in [5.74, 6) is -0.00592. The Bertz CT molecular complexity index is 525. The number of aromatic nitrogens is 2. The zero-order valence-electron chi connectivity index (χ0n) is 8.68. The number of rotatable bonds is 3. The number of hydrogen-bond acceptors (Lipinski definition) is 5. The lowest BCUT2D eigenvalue weighted by molar-refractivity contribution is 0.0946. The highest BCUT2D eigenvalue weighted by molar-refractivity contribution is 7.16. The summed E-state index contributed by atoms with van der Waals surface area (Å²) in [6.45, 7) is 0.419. The molecule has 0 radical (unpaired) electrons. The van der Waals surface area contributed by atoms with E-state index in [4.69, 9.17) is 17.3 Å². The van der Waals surface area contributed by atoms with Crippen LogP contribution in [-0.4, -0.2) is 15.9 Å². The Hall–Kier alpha value is -1.66. The largest absolute Gasteiger partial charge is 0.382 e. The summed E-state index contributed by atoms with van der Waals surface area (Å²) >= 11 is 7.20. The van der Waals surface area contributed by atoms with E-state index in [1.807, 2.05) is 6.07 Å². The summed E-state index contributed by atoms with van der Waals surface area (Å²) in [7, 11) is 0. The van der Waals surface area contributed by atoms with Crippen LogP contribution in [0.4, 0.5) is 5.82 Å². The van der Waals surface area contributed by atoms with Gasteiger partial charge >= 0.3 is 0 Å². The van der Waals surface area contributed by atoms with Crippen molar-refractivity contribution in [2.75, 3.05) is 5.73 Å². The number of nitrogen functional groups attached to an aromatic ring is 1. The van der Waals surface area contributed by atoms with E-state index in [2.05, 4.69) is 15.3 Å². The van der Waals surface area contributed by atoms with Crippen LogP contribution in [0.5, 0.6) is 0 Å². The summed E-state index contributed by atoms with van der Waals surface area (Å²) in [5, 5.41) is 2.72. The molecule has 0 fully saturated rings.